The molecule has 0 amide bonds. The number of nitrogens with two attached hydrogens (primary N) is 1. The number of carboxylic acids is 1. The molecule has 0 bridgehead atoms. The first kappa shape index (κ1) is 12.9. The molecule has 1 aliphatic rings. The van der Waals surface area contributed by atoms with Crippen LogP contribution in [0.4, 0.5) is 0 Å². The molecule has 0 saturated heterocycles. The van der Waals surface area contributed by atoms with E-state index in [-0.39, 0.29) is 11.3 Å². The fourth-order valence-corrected chi connectivity index (χ4v) is 2.96. The molecule has 0 radical (unpaired) electrons. The van der Waals surface area contributed by atoms with Gasteiger partial charge < -0.3 is 10.8 Å². The van der Waals surface area contributed by atoms with E-state index in [2.05, 4.69) is 6.07 Å². The van der Waals surface area contributed by atoms with Crippen LogP contribution in [0.15, 0.2) is 60.2 Å². The largest absolute Gasteiger partial charge is 0.478 e. The molecule has 21 heavy (non-hydrogen) atoms. The van der Waals surface area contributed by atoms with Gasteiger partial charge in [-0.25, -0.2) is 4.79 Å². The van der Waals surface area contributed by atoms with Gasteiger partial charge in [0, 0.05) is 5.56 Å². The fraction of sp³-hybridized carbons (Fsp3) is 0.0588. The highest BCUT2D eigenvalue weighted by Gasteiger charge is 2.49. The van der Waals surface area contributed by atoms with Gasteiger partial charge in [-0.1, -0.05) is 54.6 Å². The van der Waals surface area contributed by atoms with Gasteiger partial charge in [0.25, 0.3) is 0 Å². The summed E-state index contributed by atoms with van der Waals surface area (Å²) in [6, 6.07) is 18.2. The second-order valence-corrected chi connectivity index (χ2v) is 4.87. The Bertz CT molecular complexity index is 803. The first-order valence-corrected chi connectivity index (χ1v) is 6.43. The number of aliphatic carboxylic acids is 1. The maximum Gasteiger partial charge on any atom is 0.336 e. The van der Waals surface area contributed by atoms with E-state index in [9.17, 15) is 15.2 Å². The number of carboxylic acid groups (broad SMARTS) is 1. The molecule has 3 rings (SSSR count). The van der Waals surface area contributed by atoms with Gasteiger partial charge in [0.15, 0.2) is 0 Å². The monoisotopic (exact) mass is 276 g/mol. The van der Waals surface area contributed by atoms with Crippen molar-refractivity contribution in [1.82, 2.24) is 0 Å². The molecule has 1 atom stereocenters. The van der Waals surface area contributed by atoms with Crippen molar-refractivity contribution in [3.63, 3.8) is 0 Å². The van der Waals surface area contributed by atoms with Crippen molar-refractivity contribution in [3.8, 4) is 6.07 Å². The van der Waals surface area contributed by atoms with Crippen LogP contribution in [0.25, 0.3) is 5.70 Å². The van der Waals surface area contributed by atoms with Crippen LogP contribution in [0.3, 0.4) is 0 Å². The molecule has 0 fully saturated rings. The van der Waals surface area contributed by atoms with Crippen LogP contribution >= 0.6 is 0 Å². The number of fused-ring (bicyclic) bond motifs is 1. The zero-order valence-corrected chi connectivity index (χ0v) is 11.1. The SMILES string of the molecule is N#CC1(c2ccccc2)C(C(=O)O)=C(N)c2ccccc21. The summed E-state index contributed by atoms with van der Waals surface area (Å²) in [4.78, 5) is 11.7. The highest BCUT2D eigenvalue weighted by Crippen LogP contribution is 2.48. The quantitative estimate of drug-likeness (QED) is 0.880. The minimum atomic E-state index is -1.37. The highest BCUT2D eigenvalue weighted by atomic mass is 16.4. The lowest BCUT2D eigenvalue weighted by atomic mass is 9.73. The third-order valence-corrected chi connectivity index (χ3v) is 3.85. The predicted octanol–water partition coefficient (Wildman–Crippen LogP) is 2.26. The average molecular weight is 276 g/mol. The smallest absolute Gasteiger partial charge is 0.336 e. The van der Waals surface area contributed by atoms with Crippen LogP contribution in [-0.4, -0.2) is 11.1 Å². The van der Waals surface area contributed by atoms with Gasteiger partial charge in [0.05, 0.1) is 17.3 Å². The Kier molecular flexibility index (Phi) is 2.77. The lowest BCUT2D eigenvalue weighted by Crippen LogP contribution is -2.30. The van der Waals surface area contributed by atoms with Crippen molar-refractivity contribution in [2.75, 3.05) is 0 Å². The van der Waals surface area contributed by atoms with E-state index in [1.54, 1.807) is 48.5 Å². The molecule has 0 saturated carbocycles. The Labute approximate surface area is 121 Å². The summed E-state index contributed by atoms with van der Waals surface area (Å²) in [5.74, 6) is -1.17. The van der Waals surface area contributed by atoms with Crippen LogP contribution < -0.4 is 5.73 Å². The van der Waals surface area contributed by atoms with Crippen LogP contribution in [0.5, 0.6) is 0 Å². The van der Waals surface area contributed by atoms with Crippen LogP contribution in [0, 0.1) is 11.3 Å². The standard InChI is InChI=1S/C17H12N2O2/c18-10-17(11-6-2-1-3-7-11)13-9-5-4-8-12(13)15(19)14(17)16(20)21/h1-9H,19H2,(H,20,21). The molecule has 0 aliphatic heterocycles. The number of rotatable bonds is 2. The normalized spacial score (nSPS) is 20.0. The molecule has 3 N–H and O–H groups in total. The molecule has 102 valence electrons. The number of carbonyl (C=O) groups is 1. The summed E-state index contributed by atoms with van der Waals surface area (Å²) in [5.41, 5.74) is 6.58. The number of hydrogen-bond donors (Lipinski definition) is 2. The summed E-state index contributed by atoms with van der Waals surface area (Å²) < 4.78 is 0. The second-order valence-electron chi connectivity index (χ2n) is 4.87. The van der Waals surface area contributed by atoms with Crippen LogP contribution in [0.1, 0.15) is 16.7 Å². The first-order valence-electron chi connectivity index (χ1n) is 6.43. The summed E-state index contributed by atoms with van der Waals surface area (Å²) >= 11 is 0. The molecule has 1 aliphatic carbocycles. The summed E-state index contributed by atoms with van der Waals surface area (Å²) in [6.07, 6.45) is 0. The predicted molar refractivity (Wildman–Crippen MR) is 78.0 cm³/mol. The van der Waals surface area contributed by atoms with E-state index in [0.717, 1.165) is 0 Å². The molecule has 0 heterocycles. The average Bonchev–Trinajstić information content (AvgIpc) is 2.78. The minimum absolute atomic E-state index is 0.0719. The van der Waals surface area contributed by atoms with Crippen LogP contribution in [0.2, 0.25) is 0 Å². The topological polar surface area (TPSA) is 87.1 Å². The lowest BCUT2D eigenvalue weighted by molar-refractivity contribution is -0.133. The Morgan fingerprint density at radius 3 is 2.33 bits per heavy atom. The molecule has 4 heteroatoms. The Morgan fingerprint density at radius 2 is 1.71 bits per heavy atom. The van der Waals surface area contributed by atoms with Crippen molar-refractivity contribution in [1.29, 1.82) is 5.26 Å². The number of benzene rings is 2. The van der Waals surface area contributed by atoms with Gasteiger partial charge in [-0.15, -0.1) is 0 Å². The van der Waals surface area contributed by atoms with E-state index in [1.807, 2.05) is 6.07 Å². The summed E-state index contributed by atoms with van der Waals surface area (Å²) in [5, 5.41) is 19.4. The minimum Gasteiger partial charge on any atom is -0.478 e. The maximum atomic E-state index is 11.7. The van der Waals surface area contributed by atoms with E-state index < -0.39 is 11.4 Å². The van der Waals surface area contributed by atoms with Gasteiger partial charge >= 0.3 is 5.97 Å². The molecule has 2 aromatic carbocycles. The first-order chi connectivity index (χ1) is 10.1. The van der Waals surface area contributed by atoms with Gasteiger partial charge in [0.1, 0.15) is 5.41 Å². The van der Waals surface area contributed by atoms with Crippen molar-refractivity contribution in [2.45, 2.75) is 5.41 Å². The molecule has 1 unspecified atom stereocenters. The third-order valence-electron chi connectivity index (χ3n) is 3.85. The van der Waals surface area contributed by atoms with E-state index in [0.29, 0.717) is 16.7 Å². The Hall–Kier alpha value is -3.06. The van der Waals surface area contributed by atoms with E-state index >= 15 is 0 Å². The molecule has 0 aromatic heterocycles. The van der Waals surface area contributed by atoms with Crippen molar-refractivity contribution in [3.05, 3.63) is 76.9 Å². The molecular weight excluding hydrogens is 264 g/mol. The van der Waals surface area contributed by atoms with Gasteiger partial charge in [-0.2, -0.15) is 5.26 Å². The number of nitriles is 1. The van der Waals surface area contributed by atoms with Gasteiger partial charge in [0.2, 0.25) is 0 Å². The fourth-order valence-electron chi connectivity index (χ4n) is 2.96. The van der Waals surface area contributed by atoms with Gasteiger partial charge in [-0.05, 0) is 11.1 Å². The molecule has 4 nitrogen and oxygen atoms in total. The zero-order chi connectivity index (χ0) is 15.0. The Morgan fingerprint density at radius 1 is 1.10 bits per heavy atom. The summed E-state index contributed by atoms with van der Waals surface area (Å²) in [6.45, 7) is 0. The maximum absolute atomic E-state index is 11.7. The summed E-state index contributed by atoms with van der Waals surface area (Å²) in [7, 11) is 0. The van der Waals surface area contributed by atoms with E-state index in [1.165, 1.54) is 0 Å². The lowest BCUT2D eigenvalue weighted by Gasteiger charge is -2.24. The molecule has 2 aromatic rings. The number of hydrogen-bond acceptors (Lipinski definition) is 3. The van der Waals surface area contributed by atoms with Crippen molar-refractivity contribution in [2.24, 2.45) is 5.73 Å². The van der Waals surface area contributed by atoms with Crippen molar-refractivity contribution < 1.29 is 9.90 Å². The third kappa shape index (κ3) is 1.58. The molecule has 0 spiro atoms. The Balaban J connectivity index is 2.43. The van der Waals surface area contributed by atoms with Crippen LogP contribution in [-0.2, 0) is 10.2 Å². The zero-order valence-electron chi connectivity index (χ0n) is 11.1. The molecular formula is C17H12N2O2. The number of nitrogens with zero attached hydrogens (tertiary/aromatic N) is 1. The van der Waals surface area contributed by atoms with Crippen molar-refractivity contribution >= 4 is 11.7 Å². The highest BCUT2D eigenvalue weighted by molar-refractivity contribution is 6.04. The second kappa shape index (κ2) is 4.50. The van der Waals surface area contributed by atoms with Gasteiger partial charge in [-0.3, -0.25) is 0 Å². The van der Waals surface area contributed by atoms with E-state index in [4.69, 9.17) is 5.73 Å².